The van der Waals surface area contributed by atoms with Crippen molar-refractivity contribution < 1.29 is 19.4 Å². The van der Waals surface area contributed by atoms with Gasteiger partial charge in [0, 0.05) is 11.9 Å². The van der Waals surface area contributed by atoms with E-state index in [0.717, 1.165) is 11.4 Å². The van der Waals surface area contributed by atoms with Gasteiger partial charge in [0.2, 0.25) is 5.91 Å². The highest BCUT2D eigenvalue weighted by molar-refractivity contribution is 5.91. The number of carbonyl (C=O) groups excluding carboxylic acids is 1. The fraction of sp³-hybridized carbons (Fsp3) is 0.214. The lowest BCUT2D eigenvalue weighted by Gasteiger charge is -2.06. The van der Waals surface area contributed by atoms with Gasteiger partial charge in [0.15, 0.2) is 0 Å². The Balaban J connectivity index is 1.90. The van der Waals surface area contributed by atoms with Crippen LogP contribution in [-0.2, 0) is 14.3 Å². The summed E-state index contributed by atoms with van der Waals surface area (Å²) in [5, 5.41) is 15.3. The molecule has 0 saturated carbocycles. The molecule has 0 unspecified atom stereocenters. The number of ether oxygens (including phenoxy) is 1. The Morgan fingerprint density at radius 2 is 1.95 bits per heavy atom. The lowest BCUT2D eigenvalue weighted by atomic mass is 10.3. The molecule has 0 fully saturated rings. The van der Waals surface area contributed by atoms with E-state index in [1.807, 2.05) is 31.3 Å². The summed E-state index contributed by atoms with van der Waals surface area (Å²) in [6.45, 7) is 1.11. The second-order valence-corrected chi connectivity index (χ2v) is 4.38. The average Bonchev–Trinajstić information content (AvgIpc) is 2.86. The van der Waals surface area contributed by atoms with Gasteiger partial charge in [0.1, 0.15) is 13.2 Å². The molecule has 0 saturated heterocycles. The summed E-state index contributed by atoms with van der Waals surface area (Å²) in [4.78, 5) is 21.8. The molecule has 0 spiro atoms. The second kappa shape index (κ2) is 6.67. The van der Waals surface area contributed by atoms with Crippen molar-refractivity contribution in [2.24, 2.45) is 0 Å². The van der Waals surface area contributed by atoms with Crippen LogP contribution >= 0.6 is 0 Å². The van der Waals surface area contributed by atoms with Crippen molar-refractivity contribution in [2.45, 2.75) is 6.92 Å². The minimum absolute atomic E-state index is 0.299. The summed E-state index contributed by atoms with van der Waals surface area (Å²) in [6.07, 6.45) is 1.85. The van der Waals surface area contributed by atoms with E-state index in [9.17, 15) is 9.59 Å². The summed E-state index contributed by atoms with van der Waals surface area (Å²) < 4.78 is 6.43. The Morgan fingerprint density at radius 3 is 2.52 bits per heavy atom. The van der Waals surface area contributed by atoms with Gasteiger partial charge in [-0.1, -0.05) is 0 Å². The highest BCUT2D eigenvalue weighted by Crippen LogP contribution is 2.13. The van der Waals surface area contributed by atoms with Crippen LogP contribution in [0.4, 0.5) is 5.69 Å². The van der Waals surface area contributed by atoms with E-state index in [1.165, 1.54) is 0 Å². The van der Waals surface area contributed by atoms with E-state index >= 15 is 0 Å². The first-order valence-corrected chi connectivity index (χ1v) is 6.27. The van der Waals surface area contributed by atoms with Crippen molar-refractivity contribution in [3.8, 4) is 5.69 Å². The summed E-state index contributed by atoms with van der Waals surface area (Å²) in [5.41, 5.74) is 2.40. The van der Waals surface area contributed by atoms with Gasteiger partial charge in [0.05, 0.1) is 11.4 Å². The molecule has 7 nitrogen and oxygen atoms in total. The van der Waals surface area contributed by atoms with Gasteiger partial charge >= 0.3 is 5.97 Å². The number of carbonyl (C=O) groups is 2. The maximum absolute atomic E-state index is 11.5. The molecule has 2 aromatic rings. The van der Waals surface area contributed by atoms with Crippen molar-refractivity contribution in [3.05, 3.63) is 42.2 Å². The second-order valence-electron chi connectivity index (χ2n) is 4.38. The molecule has 110 valence electrons. The molecule has 0 aliphatic rings. The summed E-state index contributed by atoms with van der Waals surface area (Å²) in [6, 6.07) is 9.01. The smallest absolute Gasteiger partial charge is 0.329 e. The Kier molecular flexibility index (Phi) is 4.68. The van der Waals surface area contributed by atoms with Crippen LogP contribution in [0.15, 0.2) is 36.5 Å². The molecule has 2 N–H and O–H groups in total. The molecule has 2 rings (SSSR count). The topological polar surface area (TPSA) is 93.5 Å². The first-order valence-electron chi connectivity index (χ1n) is 6.27. The quantitative estimate of drug-likeness (QED) is 0.834. The number of carboxylic acids is 1. The van der Waals surface area contributed by atoms with Crippen LogP contribution < -0.4 is 5.32 Å². The molecule has 0 radical (unpaired) electrons. The molecule has 0 atom stereocenters. The summed E-state index contributed by atoms with van der Waals surface area (Å²) >= 11 is 0. The number of amides is 1. The predicted octanol–water partition coefficient (Wildman–Crippen LogP) is 1.22. The number of nitrogens with one attached hydrogen (secondary N) is 1. The van der Waals surface area contributed by atoms with Crippen LogP contribution in [0.25, 0.3) is 5.69 Å². The Bertz CT molecular complexity index is 634. The normalized spacial score (nSPS) is 10.3. The predicted molar refractivity (Wildman–Crippen MR) is 75.4 cm³/mol. The van der Waals surface area contributed by atoms with E-state index < -0.39 is 18.5 Å². The summed E-state index contributed by atoms with van der Waals surface area (Å²) in [7, 11) is 0. The first-order chi connectivity index (χ1) is 10.0. The van der Waals surface area contributed by atoms with Gasteiger partial charge in [-0.2, -0.15) is 5.10 Å². The Morgan fingerprint density at radius 1 is 1.24 bits per heavy atom. The van der Waals surface area contributed by atoms with Crippen molar-refractivity contribution in [3.63, 3.8) is 0 Å². The van der Waals surface area contributed by atoms with Gasteiger partial charge in [0.25, 0.3) is 0 Å². The fourth-order valence-electron chi connectivity index (χ4n) is 1.68. The van der Waals surface area contributed by atoms with Crippen LogP contribution in [-0.4, -0.2) is 40.0 Å². The Labute approximate surface area is 121 Å². The van der Waals surface area contributed by atoms with E-state index in [1.54, 1.807) is 16.8 Å². The standard InChI is InChI=1S/C14H15N3O4/c1-10-6-7-17(16-10)12-4-2-11(3-5-12)15-13(18)8-21-9-14(19)20/h2-7H,8-9H2,1H3,(H,15,18)(H,19,20). The molecule has 1 amide bonds. The zero-order chi connectivity index (χ0) is 15.2. The van der Waals surface area contributed by atoms with Crippen LogP contribution in [0, 0.1) is 6.92 Å². The molecule has 1 aromatic carbocycles. The number of nitrogens with zero attached hydrogens (tertiary/aromatic N) is 2. The van der Waals surface area contributed by atoms with Crippen LogP contribution in [0.2, 0.25) is 0 Å². The van der Waals surface area contributed by atoms with Gasteiger partial charge in [-0.05, 0) is 37.3 Å². The monoisotopic (exact) mass is 289 g/mol. The maximum atomic E-state index is 11.5. The number of aromatic nitrogens is 2. The fourth-order valence-corrected chi connectivity index (χ4v) is 1.68. The third-order valence-electron chi connectivity index (χ3n) is 2.60. The van der Waals surface area contributed by atoms with Crippen molar-refractivity contribution in [1.29, 1.82) is 0 Å². The number of anilines is 1. The zero-order valence-corrected chi connectivity index (χ0v) is 11.4. The third-order valence-corrected chi connectivity index (χ3v) is 2.60. The van der Waals surface area contributed by atoms with E-state index in [-0.39, 0.29) is 6.61 Å². The SMILES string of the molecule is Cc1ccn(-c2ccc(NC(=O)COCC(=O)O)cc2)n1. The summed E-state index contributed by atoms with van der Waals surface area (Å²) in [5.74, 6) is -1.51. The molecule has 21 heavy (non-hydrogen) atoms. The number of hydrogen-bond donors (Lipinski definition) is 2. The largest absolute Gasteiger partial charge is 0.480 e. The van der Waals surface area contributed by atoms with E-state index in [0.29, 0.717) is 5.69 Å². The highest BCUT2D eigenvalue weighted by Gasteiger charge is 2.05. The molecular formula is C14H15N3O4. The number of aryl methyl sites for hydroxylation is 1. The maximum Gasteiger partial charge on any atom is 0.329 e. The number of aliphatic carboxylic acids is 1. The van der Waals surface area contributed by atoms with Crippen molar-refractivity contribution in [2.75, 3.05) is 18.5 Å². The molecule has 7 heteroatoms. The molecule has 0 aliphatic heterocycles. The van der Waals surface area contributed by atoms with E-state index in [4.69, 9.17) is 9.84 Å². The molecule has 0 aliphatic carbocycles. The van der Waals surface area contributed by atoms with Crippen LogP contribution in [0.3, 0.4) is 0 Å². The third kappa shape index (κ3) is 4.43. The lowest BCUT2D eigenvalue weighted by molar-refractivity contribution is -0.143. The van der Waals surface area contributed by atoms with E-state index in [2.05, 4.69) is 10.4 Å². The van der Waals surface area contributed by atoms with Crippen LogP contribution in [0.1, 0.15) is 5.69 Å². The van der Waals surface area contributed by atoms with Crippen LogP contribution in [0.5, 0.6) is 0 Å². The minimum Gasteiger partial charge on any atom is -0.480 e. The molecule has 0 bridgehead atoms. The number of rotatable bonds is 6. The average molecular weight is 289 g/mol. The van der Waals surface area contributed by atoms with Gasteiger partial charge < -0.3 is 15.2 Å². The van der Waals surface area contributed by atoms with Crippen molar-refractivity contribution >= 4 is 17.6 Å². The molecule has 1 heterocycles. The van der Waals surface area contributed by atoms with Gasteiger partial charge in [-0.3, -0.25) is 4.79 Å². The lowest BCUT2D eigenvalue weighted by Crippen LogP contribution is -2.20. The molecular weight excluding hydrogens is 274 g/mol. The molecule has 1 aromatic heterocycles. The Hall–Kier alpha value is -2.67. The van der Waals surface area contributed by atoms with Crippen molar-refractivity contribution in [1.82, 2.24) is 9.78 Å². The number of benzene rings is 1. The highest BCUT2D eigenvalue weighted by atomic mass is 16.5. The first kappa shape index (κ1) is 14.7. The van der Waals surface area contributed by atoms with Gasteiger partial charge in [-0.25, -0.2) is 9.48 Å². The van der Waals surface area contributed by atoms with Gasteiger partial charge in [-0.15, -0.1) is 0 Å². The minimum atomic E-state index is -1.11. The number of carboxylic acid groups (broad SMARTS) is 1. The number of hydrogen-bond acceptors (Lipinski definition) is 4. The zero-order valence-electron chi connectivity index (χ0n) is 11.4.